The van der Waals surface area contributed by atoms with Crippen LogP contribution in [0.25, 0.3) is 0 Å². The molecule has 0 aromatic heterocycles. The highest BCUT2D eigenvalue weighted by atomic mass is 32.1. The second kappa shape index (κ2) is 5.74. The molecule has 0 spiro atoms. The largest absolute Gasteiger partial charge is 0.299 e. The minimum atomic E-state index is 0.689. The number of hydrogen-bond donors (Lipinski definition) is 1. The number of rotatable bonds is 3. The van der Waals surface area contributed by atoms with Gasteiger partial charge < -0.3 is 0 Å². The van der Waals surface area contributed by atoms with E-state index in [1.54, 1.807) is 5.56 Å². The lowest BCUT2D eigenvalue weighted by atomic mass is 10.0. The average molecular weight is 235 g/mol. The minimum Gasteiger partial charge on any atom is -0.299 e. The third kappa shape index (κ3) is 3.02. The molecule has 0 radical (unpaired) electrons. The lowest BCUT2D eigenvalue weighted by Crippen LogP contribution is -2.29. The Hall–Kier alpha value is -0.470. The van der Waals surface area contributed by atoms with Gasteiger partial charge in [0.1, 0.15) is 0 Å². The number of benzene rings is 1. The van der Waals surface area contributed by atoms with Crippen molar-refractivity contribution >= 4 is 12.6 Å². The Morgan fingerprint density at radius 3 is 2.81 bits per heavy atom. The van der Waals surface area contributed by atoms with Crippen molar-refractivity contribution in [3.63, 3.8) is 0 Å². The van der Waals surface area contributed by atoms with Gasteiger partial charge in [-0.15, -0.1) is 0 Å². The molecule has 88 valence electrons. The van der Waals surface area contributed by atoms with E-state index in [9.17, 15) is 0 Å². The van der Waals surface area contributed by atoms with Gasteiger partial charge in [0.2, 0.25) is 0 Å². The van der Waals surface area contributed by atoms with Crippen molar-refractivity contribution in [2.75, 3.05) is 18.8 Å². The van der Waals surface area contributed by atoms with Gasteiger partial charge >= 0.3 is 0 Å². The molecule has 1 nitrogen and oxygen atoms in total. The Balaban J connectivity index is 2.05. The highest BCUT2D eigenvalue weighted by Gasteiger charge is 2.15. The van der Waals surface area contributed by atoms with Crippen molar-refractivity contribution in [1.82, 2.24) is 4.90 Å². The van der Waals surface area contributed by atoms with E-state index in [2.05, 4.69) is 48.7 Å². The molecule has 0 saturated heterocycles. The van der Waals surface area contributed by atoms with Crippen LogP contribution in [0, 0.1) is 5.92 Å². The predicted molar refractivity (Wildman–Crippen MR) is 73.1 cm³/mol. The van der Waals surface area contributed by atoms with Gasteiger partial charge in [0.05, 0.1) is 0 Å². The van der Waals surface area contributed by atoms with E-state index in [1.807, 2.05) is 0 Å². The van der Waals surface area contributed by atoms with E-state index in [-0.39, 0.29) is 0 Å². The van der Waals surface area contributed by atoms with E-state index in [0.717, 1.165) is 12.3 Å². The first-order valence-electron chi connectivity index (χ1n) is 6.19. The lowest BCUT2D eigenvalue weighted by Gasteiger charge is -2.23. The van der Waals surface area contributed by atoms with Crippen LogP contribution in [0.5, 0.6) is 0 Å². The molecule has 0 saturated carbocycles. The normalized spacial score (nSPS) is 18.9. The molecule has 16 heavy (non-hydrogen) atoms. The second-order valence-electron chi connectivity index (χ2n) is 4.90. The van der Waals surface area contributed by atoms with Crippen LogP contribution in [0.15, 0.2) is 24.3 Å². The zero-order chi connectivity index (χ0) is 11.4. The first-order chi connectivity index (χ1) is 7.79. The number of hydrogen-bond acceptors (Lipinski definition) is 2. The fourth-order valence-corrected chi connectivity index (χ4v) is 2.54. The summed E-state index contributed by atoms with van der Waals surface area (Å²) in [7, 11) is 0. The minimum absolute atomic E-state index is 0.689. The van der Waals surface area contributed by atoms with Crippen LogP contribution in [-0.4, -0.2) is 23.7 Å². The average Bonchev–Trinajstić information content (AvgIpc) is 2.50. The van der Waals surface area contributed by atoms with Crippen LogP contribution in [0.4, 0.5) is 0 Å². The van der Waals surface area contributed by atoms with E-state index in [4.69, 9.17) is 0 Å². The first kappa shape index (κ1) is 12.0. The molecule has 0 amide bonds. The van der Waals surface area contributed by atoms with Gasteiger partial charge in [-0.1, -0.05) is 31.2 Å². The second-order valence-corrected chi connectivity index (χ2v) is 5.26. The van der Waals surface area contributed by atoms with Crippen molar-refractivity contribution in [3.05, 3.63) is 35.4 Å². The van der Waals surface area contributed by atoms with Crippen LogP contribution in [0.3, 0.4) is 0 Å². The summed E-state index contributed by atoms with van der Waals surface area (Å²) in [6.45, 7) is 5.81. The van der Waals surface area contributed by atoms with E-state index in [1.165, 1.54) is 31.5 Å². The third-order valence-corrected chi connectivity index (χ3v) is 3.94. The van der Waals surface area contributed by atoms with Gasteiger partial charge in [-0.3, -0.25) is 4.90 Å². The summed E-state index contributed by atoms with van der Waals surface area (Å²) in [5, 5.41) is 0. The zero-order valence-corrected chi connectivity index (χ0v) is 10.9. The molecular weight excluding hydrogens is 214 g/mol. The van der Waals surface area contributed by atoms with Crippen molar-refractivity contribution in [1.29, 1.82) is 0 Å². The molecule has 1 aromatic carbocycles. The zero-order valence-electron chi connectivity index (χ0n) is 10.0. The summed E-state index contributed by atoms with van der Waals surface area (Å²) < 4.78 is 0. The molecule has 1 aliphatic heterocycles. The molecule has 0 N–H and O–H groups in total. The number of aryl methyl sites for hydroxylation is 1. The van der Waals surface area contributed by atoms with Crippen molar-refractivity contribution < 1.29 is 0 Å². The molecule has 0 bridgehead atoms. The summed E-state index contributed by atoms with van der Waals surface area (Å²) in [5.74, 6) is 1.67. The highest BCUT2D eigenvalue weighted by Crippen LogP contribution is 2.19. The molecule has 2 rings (SSSR count). The topological polar surface area (TPSA) is 3.24 Å². The van der Waals surface area contributed by atoms with Gasteiger partial charge in [-0.05, 0) is 42.2 Å². The fourth-order valence-electron chi connectivity index (χ4n) is 2.42. The maximum Gasteiger partial charge on any atom is 0.0236 e. The fraction of sp³-hybridized carbons (Fsp3) is 0.571. The highest BCUT2D eigenvalue weighted by molar-refractivity contribution is 7.80. The standard InChI is InChI=1S/C14H21NS/c1-12(11-16)9-15-8-4-7-13-5-2-3-6-14(13)10-15/h2-3,5-6,12,16H,4,7-11H2,1H3. The summed E-state index contributed by atoms with van der Waals surface area (Å²) in [5.41, 5.74) is 3.06. The maximum atomic E-state index is 4.37. The maximum absolute atomic E-state index is 4.37. The van der Waals surface area contributed by atoms with Crippen LogP contribution in [0.1, 0.15) is 24.5 Å². The summed E-state index contributed by atoms with van der Waals surface area (Å²) in [4.78, 5) is 2.58. The van der Waals surface area contributed by atoms with Crippen LogP contribution < -0.4 is 0 Å². The van der Waals surface area contributed by atoms with E-state index < -0.39 is 0 Å². The van der Waals surface area contributed by atoms with Crippen LogP contribution in [-0.2, 0) is 13.0 Å². The van der Waals surface area contributed by atoms with Gasteiger partial charge in [-0.25, -0.2) is 0 Å². The van der Waals surface area contributed by atoms with Crippen LogP contribution in [0.2, 0.25) is 0 Å². The Morgan fingerprint density at radius 1 is 1.31 bits per heavy atom. The smallest absolute Gasteiger partial charge is 0.0236 e. The molecule has 1 aromatic rings. The van der Waals surface area contributed by atoms with Gasteiger partial charge in [-0.2, -0.15) is 12.6 Å². The summed E-state index contributed by atoms with van der Waals surface area (Å²) in [6.07, 6.45) is 2.53. The lowest BCUT2D eigenvalue weighted by molar-refractivity contribution is 0.241. The number of nitrogens with zero attached hydrogens (tertiary/aromatic N) is 1. The van der Waals surface area contributed by atoms with Gasteiger partial charge in [0.25, 0.3) is 0 Å². The summed E-state index contributed by atoms with van der Waals surface area (Å²) >= 11 is 4.37. The number of fused-ring (bicyclic) bond motifs is 1. The molecule has 0 aliphatic carbocycles. The monoisotopic (exact) mass is 235 g/mol. The Kier molecular flexibility index (Phi) is 4.30. The van der Waals surface area contributed by atoms with E-state index in [0.29, 0.717) is 5.92 Å². The first-order valence-corrected chi connectivity index (χ1v) is 6.83. The van der Waals surface area contributed by atoms with Crippen molar-refractivity contribution in [2.45, 2.75) is 26.3 Å². The molecular formula is C14H21NS. The van der Waals surface area contributed by atoms with E-state index >= 15 is 0 Å². The van der Waals surface area contributed by atoms with Crippen molar-refractivity contribution in [3.8, 4) is 0 Å². The van der Waals surface area contributed by atoms with Crippen molar-refractivity contribution in [2.24, 2.45) is 5.92 Å². The predicted octanol–water partition coefficient (Wildman–Crippen LogP) is 3.00. The Bertz CT molecular complexity index is 337. The molecule has 0 fully saturated rings. The van der Waals surface area contributed by atoms with Gasteiger partial charge in [0, 0.05) is 13.1 Å². The van der Waals surface area contributed by atoms with Gasteiger partial charge in [0.15, 0.2) is 0 Å². The molecule has 1 unspecified atom stereocenters. The number of thiol groups is 1. The Labute approximate surface area is 104 Å². The summed E-state index contributed by atoms with van der Waals surface area (Å²) in [6, 6.07) is 8.87. The molecule has 2 heteroatoms. The SMILES string of the molecule is CC(CS)CN1CCCc2ccccc2C1. The van der Waals surface area contributed by atoms with Crippen LogP contribution >= 0.6 is 12.6 Å². The Morgan fingerprint density at radius 2 is 2.06 bits per heavy atom. The molecule has 1 atom stereocenters. The third-order valence-electron chi connectivity index (χ3n) is 3.31. The molecule has 1 heterocycles. The molecule has 1 aliphatic rings. The quantitative estimate of drug-likeness (QED) is 0.788.